The summed E-state index contributed by atoms with van der Waals surface area (Å²) >= 11 is 1.64. The van der Waals surface area contributed by atoms with E-state index in [-0.39, 0.29) is 5.91 Å². The summed E-state index contributed by atoms with van der Waals surface area (Å²) in [6.45, 7) is 3.08. The van der Waals surface area contributed by atoms with E-state index in [1.807, 2.05) is 17.5 Å². The Labute approximate surface area is 132 Å². The van der Waals surface area contributed by atoms with Crippen LogP contribution in [0.15, 0.2) is 22.9 Å². The van der Waals surface area contributed by atoms with Crippen molar-refractivity contribution in [1.29, 1.82) is 0 Å². The van der Waals surface area contributed by atoms with Crippen LogP contribution < -0.4 is 0 Å². The molecule has 3 aliphatic rings. The second-order valence-corrected chi connectivity index (χ2v) is 7.35. The van der Waals surface area contributed by atoms with Crippen molar-refractivity contribution >= 4 is 17.2 Å². The first-order chi connectivity index (χ1) is 10.8. The maximum absolute atomic E-state index is 12.9. The van der Waals surface area contributed by atoms with Gasteiger partial charge >= 0.3 is 0 Å². The number of nitrogens with zero attached hydrogens (tertiary/aromatic N) is 3. The molecule has 0 radical (unpaired) electrons. The van der Waals surface area contributed by atoms with Gasteiger partial charge in [0.15, 0.2) is 0 Å². The van der Waals surface area contributed by atoms with Crippen LogP contribution in [0.5, 0.6) is 0 Å². The average molecular weight is 314 g/mol. The van der Waals surface area contributed by atoms with Gasteiger partial charge in [-0.3, -0.25) is 14.8 Å². The Bertz CT molecular complexity index is 720. The Hall–Kier alpha value is -1.66. The van der Waals surface area contributed by atoms with Gasteiger partial charge in [0.05, 0.1) is 11.7 Å². The van der Waals surface area contributed by atoms with Gasteiger partial charge in [0, 0.05) is 36.1 Å². The Morgan fingerprint density at radius 3 is 3.00 bits per heavy atom. The maximum atomic E-state index is 12.9. The normalized spacial score (nSPS) is 30.2. The van der Waals surface area contributed by atoms with Crippen molar-refractivity contribution in [3.8, 4) is 11.3 Å². The van der Waals surface area contributed by atoms with Gasteiger partial charge in [0.2, 0.25) is 0 Å². The molecular weight excluding hydrogens is 296 g/mol. The van der Waals surface area contributed by atoms with Gasteiger partial charge in [-0.25, -0.2) is 0 Å². The molecule has 5 rings (SSSR count). The first-order valence-electron chi connectivity index (χ1n) is 7.92. The van der Waals surface area contributed by atoms with Crippen LogP contribution in [0.3, 0.4) is 0 Å². The minimum atomic E-state index is 0.115. The molecule has 2 aromatic rings. The van der Waals surface area contributed by atoms with Gasteiger partial charge in [0.1, 0.15) is 5.69 Å². The molecule has 5 nitrogen and oxygen atoms in total. The molecule has 6 heteroatoms. The molecule has 2 aromatic heterocycles. The monoisotopic (exact) mass is 314 g/mol. The predicted octanol–water partition coefficient (Wildman–Crippen LogP) is 2.20. The first kappa shape index (κ1) is 12.8. The number of hydrogen-bond acceptors (Lipinski definition) is 4. The molecule has 2 atom stereocenters. The number of rotatable bonds is 2. The highest BCUT2D eigenvalue weighted by Gasteiger charge is 2.61. The van der Waals surface area contributed by atoms with Gasteiger partial charge in [-0.05, 0) is 36.8 Å². The van der Waals surface area contributed by atoms with Gasteiger partial charge in [-0.2, -0.15) is 16.4 Å². The van der Waals surface area contributed by atoms with E-state index in [2.05, 4.69) is 25.4 Å². The fraction of sp³-hybridized carbons (Fsp3) is 0.500. The lowest BCUT2D eigenvalue weighted by atomic mass is 9.61. The second-order valence-electron chi connectivity index (χ2n) is 6.57. The number of aromatic nitrogens is 2. The number of nitrogens with one attached hydrogen (secondary N) is 1. The predicted molar refractivity (Wildman–Crippen MR) is 84.9 cm³/mol. The zero-order chi connectivity index (χ0) is 14.7. The van der Waals surface area contributed by atoms with Crippen molar-refractivity contribution in [1.82, 2.24) is 20.0 Å². The molecule has 114 valence electrons. The number of H-pyrrole nitrogens is 1. The number of piperazine rings is 1. The molecule has 1 aliphatic carbocycles. The molecular formula is C16H18N4OS. The van der Waals surface area contributed by atoms with Crippen molar-refractivity contribution in [3.63, 3.8) is 0 Å². The van der Waals surface area contributed by atoms with E-state index in [1.54, 1.807) is 11.3 Å². The zero-order valence-electron chi connectivity index (χ0n) is 12.3. The topological polar surface area (TPSA) is 52.2 Å². The molecule has 2 unspecified atom stereocenters. The van der Waals surface area contributed by atoms with Crippen molar-refractivity contribution in [2.24, 2.45) is 0 Å². The fourth-order valence-corrected chi connectivity index (χ4v) is 5.03. The number of carbonyl (C=O) groups is 1. The van der Waals surface area contributed by atoms with E-state index >= 15 is 0 Å². The lowest BCUT2D eigenvalue weighted by Crippen LogP contribution is -2.79. The molecule has 2 saturated heterocycles. The Morgan fingerprint density at radius 2 is 2.32 bits per heavy atom. The summed E-state index contributed by atoms with van der Waals surface area (Å²) in [7, 11) is 0. The first-order valence-corrected chi connectivity index (χ1v) is 8.86. The van der Waals surface area contributed by atoms with Crippen LogP contribution in [-0.4, -0.2) is 57.1 Å². The van der Waals surface area contributed by atoms with Crippen LogP contribution in [0.2, 0.25) is 0 Å². The molecule has 1 amide bonds. The van der Waals surface area contributed by atoms with Crippen LogP contribution in [0, 0.1) is 0 Å². The summed E-state index contributed by atoms with van der Waals surface area (Å²) in [5.74, 6) is 0.115. The van der Waals surface area contributed by atoms with E-state index in [9.17, 15) is 4.79 Å². The molecule has 1 spiro atoms. The maximum Gasteiger partial charge on any atom is 0.272 e. The van der Waals surface area contributed by atoms with Crippen molar-refractivity contribution in [2.75, 3.05) is 19.6 Å². The van der Waals surface area contributed by atoms with E-state index in [4.69, 9.17) is 0 Å². The third-order valence-corrected chi connectivity index (χ3v) is 6.47. The highest BCUT2D eigenvalue weighted by atomic mass is 32.1. The summed E-state index contributed by atoms with van der Waals surface area (Å²) in [5, 5.41) is 11.3. The molecule has 4 heterocycles. The molecule has 0 aromatic carbocycles. The van der Waals surface area contributed by atoms with Crippen LogP contribution in [0.1, 0.15) is 29.8 Å². The van der Waals surface area contributed by atoms with Crippen molar-refractivity contribution in [3.05, 3.63) is 28.6 Å². The minimum absolute atomic E-state index is 0.115. The number of aromatic amines is 1. The highest BCUT2D eigenvalue weighted by Crippen LogP contribution is 2.51. The van der Waals surface area contributed by atoms with E-state index in [1.165, 1.54) is 19.4 Å². The summed E-state index contributed by atoms with van der Waals surface area (Å²) in [4.78, 5) is 17.5. The number of hydrogen-bond donors (Lipinski definition) is 1. The number of amides is 1. The van der Waals surface area contributed by atoms with Crippen LogP contribution in [0.25, 0.3) is 11.3 Å². The summed E-state index contributed by atoms with van der Waals surface area (Å²) in [6, 6.07) is 4.34. The smallest absolute Gasteiger partial charge is 0.272 e. The van der Waals surface area contributed by atoms with E-state index < -0.39 is 0 Å². The minimum Gasteiger partial charge on any atom is -0.331 e. The van der Waals surface area contributed by atoms with E-state index in [0.717, 1.165) is 30.8 Å². The average Bonchev–Trinajstić information content (AvgIpc) is 3.12. The van der Waals surface area contributed by atoms with Crippen LogP contribution in [0.4, 0.5) is 0 Å². The zero-order valence-corrected chi connectivity index (χ0v) is 13.1. The third-order valence-electron chi connectivity index (χ3n) is 5.79. The van der Waals surface area contributed by atoms with Crippen molar-refractivity contribution in [2.45, 2.75) is 30.8 Å². The van der Waals surface area contributed by atoms with E-state index in [0.29, 0.717) is 17.3 Å². The lowest BCUT2D eigenvalue weighted by molar-refractivity contribution is -0.161. The Balaban J connectivity index is 1.41. The Morgan fingerprint density at radius 1 is 1.36 bits per heavy atom. The van der Waals surface area contributed by atoms with Gasteiger partial charge in [0.25, 0.3) is 5.91 Å². The summed E-state index contributed by atoms with van der Waals surface area (Å²) in [5.41, 5.74) is 2.87. The number of carbonyl (C=O) groups excluding carboxylic acids is 1. The molecule has 1 saturated carbocycles. The van der Waals surface area contributed by atoms with Crippen LogP contribution in [-0.2, 0) is 0 Å². The molecule has 3 fully saturated rings. The van der Waals surface area contributed by atoms with Crippen molar-refractivity contribution < 1.29 is 4.79 Å². The number of thiophene rings is 1. The quantitative estimate of drug-likeness (QED) is 0.924. The molecule has 0 bridgehead atoms. The SMILES string of the molecule is O=C(c1cc(-c2ccsc2)n[nH]1)N1CCN2CCC23CCC13. The third kappa shape index (κ3) is 1.57. The highest BCUT2D eigenvalue weighted by molar-refractivity contribution is 7.08. The summed E-state index contributed by atoms with van der Waals surface area (Å²) in [6.07, 6.45) is 3.66. The van der Waals surface area contributed by atoms with Gasteiger partial charge in [-0.1, -0.05) is 0 Å². The second kappa shape index (κ2) is 4.43. The van der Waals surface area contributed by atoms with Crippen LogP contribution >= 0.6 is 11.3 Å². The standard InChI is InChI=1S/C16H18N4OS/c21-15(13-9-12(17-18-13)11-2-8-22-10-11)20-7-6-19-5-4-16(19)3-1-14(16)20/h2,8-10,14H,1,3-7H2,(H,17,18). The van der Waals surface area contributed by atoms with Gasteiger partial charge < -0.3 is 4.90 Å². The molecule has 22 heavy (non-hydrogen) atoms. The Kier molecular flexibility index (Phi) is 2.58. The fourth-order valence-electron chi connectivity index (χ4n) is 4.38. The lowest BCUT2D eigenvalue weighted by Gasteiger charge is -2.68. The summed E-state index contributed by atoms with van der Waals surface area (Å²) < 4.78 is 0. The van der Waals surface area contributed by atoms with Gasteiger partial charge in [-0.15, -0.1) is 0 Å². The largest absolute Gasteiger partial charge is 0.331 e. The molecule has 2 aliphatic heterocycles. The molecule has 1 N–H and O–H groups in total.